The fraction of sp³-hybridized carbons (Fsp3) is 0.258. The summed E-state index contributed by atoms with van der Waals surface area (Å²) in [5, 5.41) is 13.9. The molecule has 4 aromatic rings. The Hall–Kier alpha value is -4.43. The number of nitrogens with two attached hydrogens (primary N) is 1. The number of H-pyrrole nitrogens is 1. The van der Waals surface area contributed by atoms with E-state index >= 15 is 0 Å². The Labute approximate surface area is 225 Å². The molecule has 0 saturated carbocycles. The molecule has 2 aliphatic carbocycles. The molecule has 0 bridgehead atoms. The zero-order valence-electron chi connectivity index (χ0n) is 21.3. The van der Waals surface area contributed by atoms with Crippen LogP contribution in [0.5, 0.6) is 0 Å². The molecule has 5 N–H and O–H groups in total. The fourth-order valence-corrected chi connectivity index (χ4v) is 5.93. The number of fused-ring (bicyclic) bond motifs is 3. The molecular weight excluding hydrogens is 494 g/mol. The van der Waals surface area contributed by atoms with E-state index in [1.165, 1.54) is 0 Å². The Balaban J connectivity index is 1.11. The third-order valence-electron chi connectivity index (χ3n) is 8.01. The van der Waals surface area contributed by atoms with Crippen LogP contribution in [0.1, 0.15) is 38.2 Å². The topological polar surface area (TPSA) is 135 Å². The number of aromatic amines is 1. The van der Waals surface area contributed by atoms with E-state index in [9.17, 15) is 19.5 Å². The predicted molar refractivity (Wildman–Crippen MR) is 145 cm³/mol. The molecule has 39 heavy (non-hydrogen) atoms. The Morgan fingerprint density at radius 2 is 1.62 bits per heavy atom. The van der Waals surface area contributed by atoms with E-state index in [-0.39, 0.29) is 19.4 Å². The van der Waals surface area contributed by atoms with Gasteiger partial charge >= 0.3 is 11.9 Å². The average Bonchev–Trinajstić information content (AvgIpc) is 3.63. The minimum Gasteiger partial charge on any atom is -0.479 e. The van der Waals surface area contributed by atoms with Gasteiger partial charge in [0.05, 0.1) is 17.7 Å². The van der Waals surface area contributed by atoms with E-state index in [2.05, 4.69) is 10.3 Å². The summed E-state index contributed by atoms with van der Waals surface area (Å²) in [5.41, 5.74) is 9.80. The number of aliphatic carboxylic acids is 1. The third kappa shape index (κ3) is 4.46. The van der Waals surface area contributed by atoms with Gasteiger partial charge in [-0.25, -0.2) is 4.79 Å². The Kier molecular flexibility index (Phi) is 5.99. The molecule has 198 valence electrons. The van der Waals surface area contributed by atoms with Gasteiger partial charge in [0.15, 0.2) is 0 Å². The first-order valence-corrected chi connectivity index (χ1v) is 13.0. The van der Waals surface area contributed by atoms with E-state index in [0.29, 0.717) is 30.3 Å². The highest BCUT2D eigenvalue weighted by Gasteiger charge is 2.46. The van der Waals surface area contributed by atoms with Gasteiger partial charge < -0.3 is 25.9 Å². The fourth-order valence-electron chi connectivity index (χ4n) is 5.93. The van der Waals surface area contributed by atoms with Crippen LogP contribution in [-0.4, -0.2) is 45.6 Å². The number of hydrogen-bond donors (Lipinski definition) is 4. The van der Waals surface area contributed by atoms with Crippen LogP contribution in [0.25, 0.3) is 10.9 Å². The monoisotopic (exact) mass is 523 g/mol. The summed E-state index contributed by atoms with van der Waals surface area (Å²) >= 11 is 0. The van der Waals surface area contributed by atoms with Crippen LogP contribution in [0.2, 0.25) is 0 Å². The first-order chi connectivity index (χ1) is 18.8. The van der Waals surface area contributed by atoms with Crippen LogP contribution in [0, 0.1) is 0 Å². The lowest BCUT2D eigenvalue weighted by molar-refractivity contribution is -0.149. The van der Waals surface area contributed by atoms with E-state index in [1.54, 1.807) is 18.3 Å². The summed E-state index contributed by atoms with van der Waals surface area (Å²) in [4.78, 5) is 41.5. The summed E-state index contributed by atoms with van der Waals surface area (Å²) in [5.74, 6) is -1.92. The minimum absolute atomic E-state index is 0.169. The highest BCUT2D eigenvalue weighted by atomic mass is 16.5. The van der Waals surface area contributed by atoms with Gasteiger partial charge in [-0.05, 0) is 39.9 Å². The number of para-hydroxylation sites is 1. The maximum absolute atomic E-state index is 13.2. The average molecular weight is 524 g/mol. The molecule has 1 aromatic heterocycles. The molecule has 0 fully saturated rings. The second-order valence-electron chi connectivity index (χ2n) is 10.7. The maximum atomic E-state index is 13.2. The number of nitrogens with one attached hydrogen (secondary N) is 2. The van der Waals surface area contributed by atoms with Crippen molar-refractivity contribution in [2.75, 3.05) is 6.61 Å². The number of carboxylic acid groups (broad SMARTS) is 1. The maximum Gasteiger partial charge on any atom is 0.330 e. The van der Waals surface area contributed by atoms with Crippen molar-refractivity contribution in [3.05, 3.63) is 106 Å². The van der Waals surface area contributed by atoms with Gasteiger partial charge in [0.1, 0.15) is 11.1 Å². The Morgan fingerprint density at radius 1 is 0.897 bits per heavy atom. The molecule has 6 rings (SSSR count). The van der Waals surface area contributed by atoms with Crippen molar-refractivity contribution >= 4 is 28.7 Å². The number of rotatable bonds is 7. The van der Waals surface area contributed by atoms with Gasteiger partial charge in [0.2, 0.25) is 0 Å². The van der Waals surface area contributed by atoms with Crippen LogP contribution in [-0.2, 0) is 46.4 Å². The number of carbonyl (C=O) groups is 3. The van der Waals surface area contributed by atoms with Crippen molar-refractivity contribution in [2.24, 2.45) is 5.73 Å². The van der Waals surface area contributed by atoms with Crippen molar-refractivity contribution in [3.8, 4) is 0 Å². The molecule has 8 nitrogen and oxygen atoms in total. The van der Waals surface area contributed by atoms with Gasteiger partial charge in [-0.15, -0.1) is 0 Å². The highest BCUT2D eigenvalue weighted by Crippen LogP contribution is 2.33. The molecular formula is C31H29N3O5. The highest BCUT2D eigenvalue weighted by molar-refractivity contribution is 6.07. The molecule has 0 spiro atoms. The predicted octanol–water partition coefficient (Wildman–Crippen LogP) is 3.10. The first-order valence-electron chi connectivity index (χ1n) is 13.0. The van der Waals surface area contributed by atoms with Crippen molar-refractivity contribution in [3.63, 3.8) is 0 Å². The number of benzene rings is 3. The summed E-state index contributed by atoms with van der Waals surface area (Å²) in [6.07, 6.45) is 3.50. The van der Waals surface area contributed by atoms with Gasteiger partial charge in [0, 0.05) is 43.7 Å². The van der Waals surface area contributed by atoms with E-state index in [0.717, 1.165) is 33.2 Å². The smallest absolute Gasteiger partial charge is 0.330 e. The lowest BCUT2D eigenvalue weighted by Crippen LogP contribution is -2.55. The molecule has 3 aromatic carbocycles. The van der Waals surface area contributed by atoms with E-state index in [4.69, 9.17) is 10.5 Å². The summed E-state index contributed by atoms with van der Waals surface area (Å²) in [6, 6.07) is 20.8. The van der Waals surface area contributed by atoms with E-state index < -0.39 is 28.9 Å². The standard InChI is InChI=1S/C31H29N3O5/c32-30(15-21-4-1-2-5-22(21)16-30)29(38)39-13-11-19-8-9-23-17-31(28(36)37,18-24(23)14-19)34-27(35)25-7-3-6-20-10-12-33-26(20)25/h1-10,12,14,33H,11,13,15-18,32H2,(H,34,35)(H,36,37). The zero-order valence-corrected chi connectivity index (χ0v) is 21.3. The largest absolute Gasteiger partial charge is 0.479 e. The molecule has 1 atom stereocenters. The van der Waals surface area contributed by atoms with Crippen LogP contribution in [0.3, 0.4) is 0 Å². The molecule has 0 saturated heterocycles. The van der Waals surface area contributed by atoms with Crippen LogP contribution < -0.4 is 11.1 Å². The number of hydrogen-bond acceptors (Lipinski definition) is 5. The number of esters is 1. The van der Waals surface area contributed by atoms with Gasteiger partial charge in [-0.3, -0.25) is 9.59 Å². The Morgan fingerprint density at radius 3 is 2.36 bits per heavy atom. The summed E-state index contributed by atoms with van der Waals surface area (Å²) in [6.45, 7) is 0.174. The van der Waals surface area contributed by atoms with Gasteiger partial charge in [0.25, 0.3) is 5.91 Å². The second kappa shape index (κ2) is 9.39. The number of amides is 1. The minimum atomic E-state index is -1.44. The number of carbonyl (C=O) groups excluding carboxylic acids is 2. The van der Waals surface area contributed by atoms with Crippen molar-refractivity contribution in [1.82, 2.24) is 10.3 Å². The molecule has 0 radical (unpaired) electrons. The quantitative estimate of drug-likeness (QED) is 0.275. The summed E-state index contributed by atoms with van der Waals surface area (Å²) < 4.78 is 5.57. The summed E-state index contributed by atoms with van der Waals surface area (Å²) in [7, 11) is 0. The lowest BCUT2D eigenvalue weighted by atomic mass is 9.95. The normalized spacial score (nSPS) is 18.9. The van der Waals surface area contributed by atoms with E-state index in [1.807, 2.05) is 54.6 Å². The number of ether oxygens (including phenoxy) is 1. The molecule has 1 heterocycles. The van der Waals surface area contributed by atoms with Crippen molar-refractivity contribution < 1.29 is 24.2 Å². The molecule has 1 amide bonds. The second-order valence-corrected chi connectivity index (χ2v) is 10.7. The van der Waals surface area contributed by atoms with Crippen LogP contribution in [0.15, 0.2) is 72.9 Å². The first kappa shape index (κ1) is 24.9. The molecule has 2 aliphatic rings. The number of carboxylic acids is 1. The molecule has 1 unspecified atom stereocenters. The van der Waals surface area contributed by atoms with Gasteiger partial charge in [-0.1, -0.05) is 54.6 Å². The zero-order chi connectivity index (χ0) is 27.2. The van der Waals surface area contributed by atoms with Gasteiger partial charge in [-0.2, -0.15) is 0 Å². The Bertz CT molecular complexity index is 1600. The SMILES string of the molecule is NC1(C(=O)OCCc2ccc3c(c2)CC(NC(=O)c2cccc4cc[nH]c24)(C(=O)O)C3)Cc2ccccc2C1. The van der Waals surface area contributed by atoms with Crippen LogP contribution >= 0.6 is 0 Å². The van der Waals surface area contributed by atoms with Crippen molar-refractivity contribution in [2.45, 2.75) is 43.2 Å². The molecule has 8 heteroatoms. The number of aromatic nitrogens is 1. The lowest BCUT2D eigenvalue weighted by Gasteiger charge is -2.25. The third-order valence-corrected chi connectivity index (χ3v) is 8.01. The van der Waals surface area contributed by atoms with Crippen molar-refractivity contribution in [1.29, 1.82) is 0 Å². The van der Waals surface area contributed by atoms with Crippen LogP contribution in [0.4, 0.5) is 0 Å². The molecule has 0 aliphatic heterocycles.